The Hall–Kier alpha value is -2.78. The van der Waals surface area contributed by atoms with Crippen LogP contribution in [0.4, 0.5) is 0 Å². The Bertz CT molecular complexity index is 878. The summed E-state index contributed by atoms with van der Waals surface area (Å²) in [6, 6.07) is 11.3. The van der Waals surface area contributed by atoms with Crippen LogP contribution in [0.15, 0.2) is 47.4 Å². The molecule has 1 aliphatic heterocycles. The van der Waals surface area contributed by atoms with Crippen molar-refractivity contribution < 1.29 is 9.84 Å². The molecule has 0 aliphatic carbocycles. The molecule has 1 aromatic carbocycles. The molecule has 0 spiro atoms. The van der Waals surface area contributed by atoms with Gasteiger partial charge in [0, 0.05) is 17.8 Å². The van der Waals surface area contributed by atoms with Crippen LogP contribution in [-0.2, 0) is 0 Å². The highest BCUT2D eigenvalue weighted by Crippen LogP contribution is 2.46. The molecular formula is C18H19N3O3. The average Bonchev–Trinajstić information content (AvgIpc) is 2.53. The molecule has 6 nitrogen and oxygen atoms in total. The fraction of sp³-hybridized carbons (Fsp3) is 0.333. The van der Waals surface area contributed by atoms with E-state index in [-0.39, 0.29) is 5.56 Å². The quantitative estimate of drug-likeness (QED) is 0.881. The molecule has 0 saturated carbocycles. The van der Waals surface area contributed by atoms with Gasteiger partial charge in [-0.1, -0.05) is 6.07 Å². The topological polar surface area (TPSA) is 87.3 Å². The number of rotatable bonds is 2. The molecule has 24 heavy (non-hydrogen) atoms. The third-order valence-electron chi connectivity index (χ3n) is 4.69. The van der Waals surface area contributed by atoms with Crippen molar-refractivity contribution in [1.29, 1.82) is 5.26 Å². The third-order valence-corrected chi connectivity index (χ3v) is 4.69. The largest absolute Gasteiger partial charge is 0.484 e. The first-order valence-electron chi connectivity index (χ1n) is 7.66. The number of hydrogen-bond donors (Lipinski definition) is 2. The van der Waals surface area contributed by atoms with E-state index in [1.165, 1.54) is 10.7 Å². The summed E-state index contributed by atoms with van der Waals surface area (Å²) >= 11 is 0. The highest BCUT2D eigenvalue weighted by Gasteiger charge is 2.53. The van der Waals surface area contributed by atoms with E-state index < -0.39 is 17.2 Å². The van der Waals surface area contributed by atoms with E-state index in [1.807, 2.05) is 0 Å². The van der Waals surface area contributed by atoms with Gasteiger partial charge in [-0.3, -0.25) is 4.79 Å². The monoisotopic (exact) mass is 325 g/mol. The van der Waals surface area contributed by atoms with Gasteiger partial charge in [0.25, 0.3) is 5.56 Å². The second kappa shape index (κ2) is 5.39. The molecule has 2 heterocycles. The van der Waals surface area contributed by atoms with E-state index >= 15 is 0 Å². The minimum atomic E-state index is -1.33. The third kappa shape index (κ3) is 2.43. The molecular weight excluding hydrogens is 306 g/mol. The van der Waals surface area contributed by atoms with Crippen molar-refractivity contribution >= 4 is 0 Å². The van der Waals surface area contributed by atoms with Gasteiger partial charge in [0.05, 0.1) is 11.6 Å². The number of nitriles is 1. The summed E-state index contributed by atoms with van der Waals surface area (Å²) in [4.78, 5) is 12.0. The van der Waals surface area contributed by atoms with Crippen LogP contribution in [0.5, 0.6) is 5.75 Å². The maximum atomic E-state index is 12.0. The second-order valence-corrected chi connectivity index (χ2v) is 6.60. The van der Waals surface area contributed by atoms with Gasteiger partial charge in [0.15, 0.2) is 0 Å². The lowest BCUT2D eigenvalue weighted by atomic mass is 9.75. The summed E-state index contributed by atoms with van der Waals surface area (Å²) in [5.74, 6) is 0.576. The fourth-order valence-electron chi connectivity index (χ4n) is 2.83. The predicted octanol–water partition coefficient (Wildman–Crippen LogP) is 1.93. The van der Waals surface area contributed by atoms with E-state index in [1.54, 1.807) is 57.3 Å². The zero-order valence-corrected chi connectivity index (χ0v) is 13.8. The lowest BCUT2D eigenvalue weighted by molar-refractivity contribution is -0.130. The first-order chi connectivity index (χ1) is 11.3. The van der Waals surface area contributed by atoms with Gasteiger partial charge in [-0.05, 0) is 45.0 Å². The Kier molecular flexibility index (Phi) is 3.61. The number of nitrogens with one attached hydrogen (secondary N) is 1. The average molecular weight is 325 g/mol. The van der Waals surface area contributed by atoms with Crippen molar-refractivity contribution in [2.24, 2.45) is 0 Å². The highest BCUT2D eigenvalue weighted by atomic mass is 16.5. The van der Waals surface area contributed by atoms with E-state index in [9.17, 15) is 9.90 Å². The molecule has 0 bridgehead atoms. The number of nitrogens with zero attached hydrogens (tertiary/aromatic N) is 2. The lowest BCUT2D eigenvalue weighted by Crippen LogP contribution is -2.61. The number of fused-ring (bicyclic) bond motifs is 1. The van der Waals surface area contributed by atoms with E-state index in [2.05, 4.69) is 11.5 Å². The second-order valence-electron chi connectivity index (χ2n) is 6.60. The molecule has 0 radical (unpaired) electrons. The maximum Gasteiger partial charge on any atom is 0.268 e. The van der Waals surface area contributed by atoms with Crippen LogP contribution in [0.25, 0.3) is 0 Å². The van der Waals surface area contributed by atoms with Crippen molar-refractivity contribution in [2.45, 2.75) is 38.0 Å². The lowest BCUT2D eigenvalue weighted by Gasteiger charge is -2.49. The van der Waals surface area contributed by atoms with Gasteiger partial charge in [0.1, 0.15) is 23.0 Å². The predicted molar refractivity (Wildman–Crippen MR) is 89.3 cm³/mol. The number of aliphatic hydroxyl groups is 1. The molecule has 2 atom stereocenters. The van der Waals surface area contributed by atoms with E-state index in [4.69, 9.17) is 10.00 Å². The molecule has 6 heteroatoms. The van der Waals surface area contributed by atoms with Crippen LogP contribution < -0.4 is 15.7 Å². The summed E-state index contributed by atoms with van der Waals surface area (Å²) in [5.41, 5.74) is 1.69. The zero-order chi connectivity index (χ0) is 17.5. The van der Waals surface area contributed by atoms with E-state index in [0.717, 1.165) is 0 Å². The van der Waals surface area contributed by atoms with E-state index in [0.29, 0.717) is 16.9 Å². The van der Waals surface area contributed by atoms with Gasteiger partial charge in [-0.2, -0.15) is 5.26 Å². The van der Waals surface area contributed by atoms with Gasteiger partial charge in [-0.25, -0.2) is 4.68 Å². The Balaban J connectivity index is 2.16. The van der Waals surface area contributed by atoms with Crippen molar-refractivity contribution in [3.05, 3.63) is 64.1 Å². The van der Waals surface area contributed by atoms with Crippen molar-refractivity contribution in [2.75, 3.05) is 5.43 Å². The minimum Gasteiger partial charge on any atom is -0.484 e. The molecule has 1 aromatic heterocycles. The van der Waals surface area contributed by atoms with Gasteiger partial charge < -0.3 is 15.3 Å². The highest BCUT2D eigenvalue weighted by molar-refractivity contribution is 5.48. The van der Waals surface area contributed by atoms with Crippen LogP contribution in [0, 0.1) is 11.3 Å². The van der Waals surface area contributed by atoms with Crippen molar-refractivity contribution in [1.82, 2.24) is 4.68 Å². The van der Waals surface area contributed by atoms with Crippen LogP contribution >= 0.6 is 0 Å². The maximum absolute atomic E-state index is 12.0. The van der Waals surface area contributed by atoms with Gasteiger partial charge in [0.2, 0.25) is 0 Å². The Morgan fingerprint density at radius 2 is 2.04 bits per heavy atom. The number of aromatic nitrogens is 1. The normalized spacial score (nSPS) is 24.4. The molecule has 0 saturated heterocycles. The fourth-order valence-corrected chi connectivity index (χ4v) is 2.83. The summed E-state index contributed by atoms with van der Waals surface area (Å²) in [5, 5.41) is 20.3. The standard InChI is InChI=1S/C18H19N3O3/c1-17(2)18(3,23)16(20-21-9-5-4-6-15(21)22)13-10-12(11-19)7-8-14(13)24-17/h4-10,16,20,23H,1-3H3/t16?,18-/m0/s1. The minimum absolute atomic E-state index is 0.240. The molecule has 1 unspecified atom stereocenters. The summed E-state index contributed by atoms with van der Waals surface area (Å²) < 4.78 is 7.27. The molecule has 0 amide bonds. The first kappa shape index (κ1) is 16.1. The Labute approximate surface area is 139 Å². The van der Waals surface area contributed by atoms with Crippen molar-refractivity contribution in [3.8, 4) is 11.8 Å². The first-order valence-corrected chi connectivity index (χ1v) is 7.66. The Morgan fingerprint density at radius 1 is 1.29 bits per heavy atom. The van der Waals surface area contributed by atoms with Gasteiger partial charge >= 0.3 is 0 Å². The molecule has 3 rings (SSSR count). The molecule has 2 aromatic rings. The number of pyridine rings is 1. The summed E-state index contributed by atoms with van der Waals surface area (Å²) in [6.07, 6.45) is 1.59. The molecule has 0 fully saturated rings. The SMILES string of the molecule is CC1(C)Oc2ccc(C#N)cc2C(Nn2ccccc2=O)[C@]1(C)O. The van der Waals surface area contributed by atoms with Crippen LogP contribution in [-0.4, -0.2) is 21.0 Å². The Morgan fingerprint density at radius 3 is 2.71 bits per heavy atom. The smallest absolute Gasteiger partial charge is 0.268 e. The van der Waals surface area contributed by atoms with Crippen LogP contribution in [0.3, 0.4) is 0 Å². The van der Waals surface area contributed by atoms with Crippen LogP contribution in [0.1, 0.15) is 37.9 Å². The zero-order valence-electron chi connectivity index (χ0n) is 13.8. The number of benzene rings is 1. The van der Waals surface area contributed by atoms with Crippen molar-refractivity contribution in [3.63, 3.8) is 0 Å². The molecule has 124 valence electrons. The molecule has 1 aliphatic rings. The summed E-state index contributed by atoms with van der Waals surface area (Å²) in [7, 11) is 0. The number of hydrogen-bond acceptors (Lipinski definition) is 5. The van der Waals surface area contributed by atoms with Gasteiger partial charge in [-0.15, -0.1) is 0 Å². The van der Waals surface area contributed by atoms with Crippen LogP contribution in [0.2, 0.25) is 0 Å². The number of ether oxygens (including phenoxy) is 1. The molecule has 2 N–H and O–H groups in total. The summed E-state index contributed by atoms with van der Waals surface area (Å²) in [6.45, 7) is 5.23.